The highest BCUT2D eigenvalue weighted by Crippen LogP contribution is 2.24. The first-order valence-corrected chi connectivity index (χ1v) is 8.93. The smallest absolute Gasteiger partial charge is 0.306 e. The first kappa shape index (κ1) is 17.5. The number of hydrogen-bond acceptors (Lipinski definition) is 3. The lowest BCUT2D eigenvalue weighted by Crippen LogP contribution is -2.38. The number of aliphatic carboxylic acids is 1. The van der Waals surface area contributed by atoms with Gasteiger partial charge in [0.2, 0.25) is 5.91 Å². The van der Waals surface area contributed by atoms with Crippen molar-refractivity contribution in [3.05, 3.63) is 35.4 Å². The second-order valence-electron chi connectivity index (χ2n) is 6.98. The van der Waals surface area contributed by atoms with E-state index in [1.807, 2.05) is 17.0 Å². The molecule has 0 atom stereocenters. The number of carboxylic acid groups (broad SMARTS) is 1. The van der Waals surface area contributed by atoms with Crippen molar-refractivity contribution in [3.63, 3.8) is 0 Å². The lowest BCUT2D eigenvalue weighted by atomic mass is 9.86. The van der Waals surface area contributed by atoms with Crippen molar-refractivity contribution in [1.82, 2.24) is 10.2 Å². The van der Waals surface area contributed by atoms with Gasteiger partial charge in [0.15, 0.2) is 0 Å². The van der Waals surface area contributed by atoms with Gasteiger partial charge in [0.1, 0.15) is 0 Å². The van der Waals surface area contributed by atoms with Crippen molar-refractivity contribution in [2.24, 2.45) is 5.92 Å². The molecule has 0 unspecified atom stereocenters. The SMILES string of the molecule is O=C(NC1CCC(C(=O)O)CC1)c1ccc(CN2CCCC2=O)cc1. The number of amides is 2. The Hall–Kier alpha value is -2.37. The minimum atomic E-state index is -0.739. The highest BCUT2D eigenvalue weighted by atomic mass is 16.4. The Morgan fingerprint density at radius 1 is 1.12 bits per heavy atom. The van der Waals surface area contributed by atoms with E-state index in [1.165, 1.54) is 0 Å². The normalized spacial score (nSPS) is 23.5. The summed E-state index contributed by atoms with van der Waals surface area (Å²) in [7, 11) is 0. The lowest BCUT2D eigenvalue weighted by Gasteiger charge is -2.26. The molecule has 1 aliphatic heterocycles. The van der Waals surface area contributed by atoms with Gasteiger partial charge in [0, 0.05) is 31.1 Å². The molecule has 134 valence electrons. The van der Waals surface area contributed by atoms with Crippen molar-refractivity contribution in [3.8, 4) is 0 Å². The van der Waals surface area contributed by atoms with Gasteiger partial charge in [-0.15, -0.1) is 0 Å². The first-order valence-electron chi connectivity index (χ1n) is 8.93. The third-order valence-electron chi connectivity index (χ3n) is 5.17. The van der Waals surface area contributed by atoms with E-state index in [4.69, 9.17) is 5.11 Å². The first-order chi connectivity index (χ1) is 12.0. The maximum Gasteiger partial charge on any atom is 0.306 e. The molecule has 25 heavy (non-hydrogen) atoms. The molecule has 1 aromatic carbocycles. The Labute approximate surface area is 147 Å². The van der Waals surface area contributed by atoms with Crippen molar-refractivity contribution in [2.45, 2.75) is 51.1 Å². The van der Waals surface area contributed by atoms with E-state index < -0.39 is 5.97 Å². The summed E-state index contributed by atoms with van der Waals surface area (Å²) in [5.74, 6) is -0.945. The van der Waals surface area contributed by atoms with Crippen LogP contribution in [0.25, 0.3) is 0 Å². The van der Waals surface area contributed by atoms with Gasteiger partial charge in [-0.05, 0) is 49.8 Å². The largest absolute Gasteiger partial charge is 0.481 e. The Morgan fingerprint density at radius 3 is 2.36 bits per heavy atom. The van der Waals surface area contributed by atoms with Gasteiger partial charge in [-0.25, -0.2) is 0 Å². The van der Waals surface area contributed by atoms with Crippen LogP contribution in [0.5, 0.6) is 0 Å². The summed E-state index contributed by atoms with van der Waals surface area (Å²) in [6, 6.07) is 7.40. The summed E-state index contributed by atoms with van der Waals surface area (Å²) in [6.45, 7) is 1.40. The molecule has 1 aliphatic carbocycles. The van der Waals surface area contributed by atoms with E-state index in [-0.39, 0.29) is 23.8 Å². The number of nitrogens with zero attached hydrogens (tertiary/aromatic N) is 1. The van der Waals surface area contributed by atoms with Gasteiger partial charge in [-0.1, -0.05) is 12.1 Å². The zero-order chi connectivity index (χ0) is 17.8. The molecule has 2 aliphatic rings. The summed E-state index contributed by atoms with van der Waals surface area (Å²) in [6.07, 6.45) is 4.19. The number of benzene rings is 1. The molecular formula is C19H24N2O4. The predicted molar refractivity (Wildman–Crippen MR) is 91.9 cm³/mol. The fourth-order valence-corrected chi connectivity index (χ4v) is 3.61. The molecule has 1 aromatic rings. The third-order valence-corrected chi connectivity index (χ3v) is 5.17. The number of rotatable bonds is 5. The molecule has 6 nitrogen and oxygen atoms in total. The molecule has 1 saturated heterocycles. The van der Waals surface area contributed by atoms with Crippen molar-refractivity contribution < 1.29 is 19.5 Å². The molecule has 0 spiro atoms. The lowest BCUT2D eigenvalue weighted by molar-refractivity contribution is -0.142. The number of nitrogens with one attached hydrogen (secondary N) is 1. The van der Waals surface area contributed by atoms with E-state index in [1.54, 1.807) is 12.1 Å². The van der Waals surface area contributed by atoms with E-state index in [2.05, 4.69) is 5.32 Å². The summed E-state index contributed by atoms with van der Waals surface area (Å²) < 4.78 is 0. The van der Waals surface area contributed by atoms with E-state index in [0.717, 1.165) is 18.5 Å². The van der Waals surface area contributed by atoms with Crippen LogP contribution >= 0.6 is 0 Å². The molecule has 2 amide bonds. The number of carbonyl (C=O) groups is 3. The summed E-state index contributed by atoms with van der Waals surface area (Å²) in [5, 5.41) is 12.0. The van der Waals surface area contributed by atoms with Gasteiger partial charge in [-0.2, -0.15) is 0 Å². The second-order valence-corrected chi connectivity index (χ2v) is 6.98. The number of carboxylic acids is 1. The molecule has 3 rings (SSSR count). The van der Waals surface area contributed by atoms with Gasteiger partial charge in [0.05, 0.1) is 5.92 Å². The summed E-state index contributed by atoms with van der Waals surface area (Å²) >= 11 is 0. The monoisotopic (exact) mass is 344 g/mol. The van der Waals surface area contributed by atoms with Crippen molar-refractivity contribution >= 4 is 17.8 Å². The van der Waals surface area contributed by atoms with Gasteiger partial charge >= 0.3 is 5.97 Å². The average molecular weight is 344 g/mol. The van der Waals surface area contributed by atoms with Crippen LogP contribution in [0.2, 0.25) is 0 Å². The van der Waals surface area contributed by atoms with Gasteiger partial charge in [0.25, 0.3) is 5.91 Å². The topological polar surface area (TPSA) is 86.7 Å². The molecule has 1 saturated carbocycles. The zero-order valence-electron chi connectivity index (χ0n) is 14.2. The highest BCUT2D eigenvalue weighted by Gasteiger charge is 2.27. The molecule has 2 fully saturated rings. The molecule has 1 heterocycles. The molecule has 0 aromatic heterocycles. The maximum absolute atomic E-state index is 12.3. The Balaban J connectivity index is 1.51. The molecule has 0 bridgehead atoms. The fourth-order valence-electron chi connectivity index (χ4n) is 3.61. The van der Waals surface area contributed by atoms with Crippen molar-refractivity contribution in [2.75, 3.05) is 6.54 Å². The van der Waals surface area contributed by atoms with E-state index in [0.29, 0.717) is 44.2 Å². The highest BCUT2D eigenvalue weighted by molar-refractivity contribution is 5.94. The number of hydrogen-bond donors (Lipinski definition) is 2. The fraction of sp³-hybridized carbons (Fsp3) is 0.526. The van der Waals surface area contributed by atoms with Crippen LogP contribution in [0.1, 0.15) is 54.4 Å². The maximum atomic E-state index is 12.3. The zero-order valence-corrected chi connectivity index (χ0v) is 14.2. The standard InChI is InChI=1S/C19H24N2O4/c22-17-2-1-11-21(17)12-13-3-5-14(6-4-13)18(23)20-16-9-7-15(8-10-16)19(24)25/h3-6,15-16H,1-2,7-12H2,(H,20,23)(H,24,25). The number of likely N-dealkylation sites (tertiary alicyclic amines) is 1. The van der Waals surface area contributed by atoms with Crippen LogP contribution in [-0.2, 0) is 16.1 Å². The Kier molecular flexibility index (Phi) is 5.36. The van der Waals surface area contributed by atoms with Crippen LogP contribution in [0.4, 0.5) is 0 Å². The summed E-state index contributed by atoms with van der Waals surface area (Å²) in [5.41, 5.74) is 1.62. The quantitative estimate of drug-likeness (QED) is 0.857. The minimum Gasteiger partial charge on any atom is -0.481 e. The molecule has 2 N–H and O–H groups in total. The Morgan fingerprint density at radius 2 is 1.80 bits per heavy atom. The van der Waals surface area contributed by atoms with Gasteiger partial charge < -0.3 is 15.3 Å². The number of carbonyl (C=O) groups excluding carboxylic acids is 2. The average Bonchev–Trinajstić information content (AvgIpc) is 3.01. The third kappa shape index (κ3) is 4.38. The Bertz CT molecular complexity index is 648. The van der Waals surface area contributed by atoms with Crippen LogP contribution < -0.4 is 5.32 Å². The molecule has 6 heteroatoms. The summed E-state index contributed by atoms with van der Waals surface area (Å²) in [4.78, 5) is 36.8. The predicted octanol–water partition coefficient (Wildman–Crippen LogP) is 2.18. The second kappa shape index (κ2) is 7.68. The van der Waals surface area contributed by atoms with Crippen LogP contribution in [0.3, 0.4) is 0 Å². The molecule has 0 radical (unpaired) electrons. The molecular weight excluding hydrogens is 320 g/mol. The van der Waals surface area contributed by atoms with Crippen molar-refractivity contribution in [1.29, 1.82) is 0 Å². The van der Waals surface area contributed by atoms with Crippen LogP contribution in [0.15, 0.2) is 24.3 Å². The minimum absolute atomic E-state index is 0.0463. The van der Waals surface area contributed by atoms with E-state index >= 15 is 0 Å². The van der Waals surface area contributed by atoms with Crippen LogP contribution in [0, 0.1) is 5.92 Å². The van der Waals surface area contributed by atoms with Crippen LogP contribution in [-0.4, -0.2) is 40.4 Å². The van der Waals surface area contributed by atoms with Gasteiger partial charge in [-0.3, -0.25) is 14.4 Å². The van der Waals surface area contributed by atoms with E-state index in [9.17, 15) is 14.4 Å².